The molecule has 0 bridgehead atoms. The number of amides is 2. The number of carbonyl (C=O) groups is 3. The summed E-state index contributed by atoms with van der Waals surface area (Å²) < 4.78 is 0. The van der Waals surface area contributed by atoms with Gasteiger partial charge in [0.15, 0.2) is 0 Å². The van der Waals surface area contributed by atoms with Crippen molar-refractivity contribution in [1.29, 1.82) is 0 Å². The molecule has 1 aromatic carbocycles. The Morgan fingerprint density at radius 3 is 2.32 bits per heavy atom. The Morgan fingerprint density at radius 2 is 1.77 bits per heavy atom. The van der Waals surface area contributed by atoms with Crippen LogP contribution in [0.25, 0.3) is 0 Å². The highest BCUT2D eigenvalue weighted by molar-refractivity contribution is 5.94. The molecule has 0 aromatic heterocycles. The first-order valence-electron chi connectivity index (χ1n) is 7.27. The van der Waals surface area contributed by atoms with E-state index in [1.807, 2.05) is 6.92 Å². The number of carbonyl (C=O) groups excluding carboxylic acids is 2. The molecule has 2 amide bonds. The van der Waals surface area contributed by atoms with Crippen molar-refractivity contribution in [2.45, 2.75) is 32.7 Å². The average molecular weight is 306 g/mol. The number of carboxylic acid groups (broad SMARTS) is 1. The molecule has 0 aliphatic carbocycles. The van der Waals surface area contributed by atoms with Gasteiger partial charge in [0, 0.05) is 32.1 Å². The third-order valence-corrected chi connectivity index (χ3v) is 3.18. The van der Waals surface area contributed by atoms with Crippen LogP contribution in [0.4, 0.5) is 0 Å². The summed E-state index contributed by atoms with van der Waals surface area (Å²) in [5.41, 5.74) is 1.41. The first-order valence-corrected chi connectivity index (χ1v) is 7.27. The van der Waals surface area contributed by atoms with Gasteiger partial charge in [-0.05, 0) is 24.1 Å². The van der Waals surface area contributed by atoms with Gasteiger partial charge in [-0.15, -0.1) is 0 Å². The Morgan fingerprint density at radius 1 is 1.14 bits per heavy atom. The smallest absolute Gasteiger partial charge is 0.305 e. The molecule has 0 atom stereocenters. The van der Waals surface area contributed by atoms with Crippen LogP contribution in [-0.4, -0.2) is 41.4 Å². The lowest BCUT2D eigenvalue weighted by molar-refractivity contribution is -0.137. The van der Waals surface area contributed by atoms with Crippen LogP contribution < -0.4 is 5.32 Å². The van der Waals surface area contributed by atoms with E-state index in [0.717, 1.165) is 12.0 Å². The van der Waals surface area contributed by atoms with E-state index in [2.05, 4.69) is 5.32 Å². The Hall–Kier alpha value is -2.37. The van der Waals surface area contributed by atoms with Crippen LogP contribution in [0.1, 0.15) is 42.1 Å². The third kappa shape index (κ3) is 5.95. The van der Waals surface area contributed by atoms with E-state index in [-0.39, 0.29) is 24.8 Å². The lowest BCUT2D eigenvalue weighted by Crippen LogP contribution is -2.29. The summed E-state index contributed by atoms with van der Waals surface area (Å²) in [6.45, 7) is 2.55. The summed E-state index contributed by atoms with van der Waals surface area (Å²) in [7, 11) is 1.57. The van der Waals surface area contributed by atoms with Crippen molar-refractivity contribution in [2.24, 2.45) is 0 Å². The van der Waals surface area contributed by atoms with Crippen LogP contribution in [0.3, 0.4) is 0 Å². The summed E-state index contributed by atoms with van der Waals surface area (Å²) in [5.74, 6) is -1.14. The van der Waals surface area contributed by atoms with Gasteiger partial charge in [-0.2, -0.15) is 0 Å². The maximum Gasteiger partial charge on any atom is 0.305 e. The monoisotopic (exact) mass is 306 g/mol. The number of hydrogen-bond acceptors (Lipinski definition) is 3. The zero-order chi connectivity index (χ0) is 16.5. The molecule has 22 heavy (non-hydrogen) atoms. The number of hydrogen-bond donors (Lipinski definition) is 2. The van der Waals surface area contributed by atoms with Crippen LogP contribution in [0, 0.1) is 0 Å². The Labute approximate surface area is 130 Å². The zero-order valence-corrected chi connectivity index (χ0v) is 13.0. The van der Waals surface area contributed by atoms with Crippen LogP contribution in [0.5, 0.6) is 0 Å². The largest absolute Gasteiger partial charge is 0.481 e. The van der Waals surface area contributed by atoms with Crippen LogP contribution in [-0.2, 0) is 16.1 Å². The van der Waals surface area contributed by atoms with E-state index in [1.54, 1.807) is 31.3 Å². The molecule has 1 aromatic rings. The SMILES string of the molecule is CCCC(=O)NCc1ccc(C(=O)N(C)CCC(=O)O)cc1. The van der Waals surface area contributed by atoms with E-state index >= 15 is 0 Å². The predicted octanol–water partition coefficient (Wildman–Crippen LogP) is 1.65. The average Bonchev–Trinajstić information content (AvgIpc) is 2.50. The van der Waals surface area contributed by atoms with Crippen LogP contribution >= 0.6 is 0 Å². The number of nitrogens with zero attached hydrogens (tertiary/aromatic N) is 1. The topological polar surface area (TPSA) is 86.7 Å². The van der Waals surface area contributed by atoms with E-state index in [1.165, 1.54) is 4.90 Å². The highest BCUT2D eigenvalue weighted by Gasteiger charge is 2.12. The summed E-state index contributed by atoms with van der Waals surface area (Å²) in [6.07, 6.45) is 1.23. The fourth-order valence-corrected chi connectivity index (χ4v) is 1.87. The molecular formula is C16H22N2O4. The molecule has 0 fully saturated rings. The van der Waals surface area contributed by atoms with Crippen molar-refractivity contribution >= 4 is 17.8 Å². The van der Waals surface area contributed by atoms with Gasteiger partial charge in [0.2, 0.25) is 5.91 Å². The van der Waals surface area contributed by atoms with Gasteiger partial charge in [0.05, 0.1) is 6.42 Å². The quantitative estimate of drug-likeness (QED) is 0.764. The zero-order valence-electron chi connectivity index (χ0n) is 13.0. The normalized spacial score (nSPS) is 10.1. The van der Waals surface area contributed by atoms with Gasteiger partial charge >= 0.3 is 5.97 Å². The Kier molecular flexibility index (Phi) is 7.08. The molecule has 6 nitrogen and oxygen atoms in total. The molecule has 0 saturated heterocycles. The number of rotatable bonds is 8. The molecule has 6 heteroatoms. The molecule has 120 valence electrons. The first kappa shape index (κ1) is 17.7. The number of aliphatic carboxylic acids is 1. The minimum Gasteiger partial charge on any atom is -0.481 e. The van der Waals surface area contributed by atoms with Gasteiger partial charge in [-0.25, -0.2) is 0 Å². The summed E-state index contributed by atoms with van der Waals surface area (Å²) in [4.78, 5) is 35.4. The van der Waals surface area contributed by atoms with Gasteiger partial charge in [0.1, 0.15) is 0 Å². The van der Waals surface area contributed by atoms with Crippen LogP contribution in [0.15, 0.2) is 24.3 Å². The van der Waals surface area contributed by atoms with Crippen molar-refractivity contribution in [1.82, 2.24) is 10.2 Å². The summed E-state index contributed by atoms with van der Waals surface area (Å²) >= 11 is 0. The van der Waals surface area contributed by atoms with Crippen LogP contribution in [0.2, 0.25) is 0 Å². The van der Waals surface area contributed by atoms with Crippen molar-refractivity contribution in [3.63, 3.8) is 0 Å². The van der Waals surface area contributed by atoms with Crippen molar-refractivity contribution in [2.75, 3.05) is 13.6 Å². The van der Waals surface area contributed by atoms with E-state index in [0.29, 0.717) is 18.5 Å². The minimum absolute atomic E-state index is 0.0102. The molecule has 0 heterocycles. The lowest BCUT2D eigenvalue weighted by atomic mass is 10.1. The lowest BCUT2D eigenvalue weighted by Gasteiger charge is -2.16. The second kappa shape index (κ2) is 8.81. The number of carboxylic acids is 1. The minimum atomic E-state index is -0.933. The van der Waals surface area contributed by atoms with E-state index < -0.39 is 5.97 Å². The molecule has 0 saturated carbocycles. The third-order valence-electron chi connectivity index (χ3n) is 3.18. The molecular weight excluding hydrogens is 284 g/mol. The second-order valence-corrected chi connectivity index (χ2v) is 5.09. The van der Waals surface area contributed by atoms with Gasteiger partial charge in [-0.3, -0.25) is 14.4 Å². The highest BCUT2D eigenvalue weighted by Crippen LogP contribution is 2.07. The van der Waals surface area contributed by atoms with Crippen molar-refractivity contribution in [3.8, 4) is 0 Å². The first-order chi connectivity index (χ1) is 10.4. The molecule has 0 unspecified atom stereocenters. The standard InChI is InChI=1S/C16H22N2O4/c1-3-4-14(19)17-11-12-5-7-13(8-6-12)16(22)18(2)10-9-15(20)21/h5-8H,3-4,9-11H2,1-2H3,(H,17,19)(H,20,21). The fraction of sp³-hybridized carbons (Fsp3) is 0.438. The van der Waals surface area contributed by atoms with E-state index in [9.17, 15) is 14.4 Å². The Balaban J connectivity index is 2.54. The summed E-state index contributed by atoms with van der Waals surface area (Å²) in [6, 6.07) is 6.93. The van der Waals surface area contributed by atoms with Crippen molar-refractivity contribution in [3.05, 3.63) is 35.4 Å². The highest BCUT2D eigenvalue weighted by atomic mass is 16.4. The maximum absolute atomic E-state index is 12.1. The molecule has 0 radical (unpaired) electrons. The molecule has 0 spiro atoms. The van der Waals surface area contributed by atoms with Crippen molar-refractivity contribution < 1.29 is 19.5 Å². The second-order valence-electron chi connectivity index (χ2n) is 5.09. The number of benzene rings is 1. The predicted molar refractivity (Wildman–Crippen MR) is 82.4 cm³/mol. The Bertz CT molecular complexity index is 525. The van der Waals surface area contributed by atoms with Gasteiger partial charge in [-0.1, -0.05) is 19.1 Å². The van der Waals surface area contributed by atoms with Gasteiger partial charge in [0.25, 0.3) is 5.91 Å². The molecule has 0 aliphatic heterocycles. The molecule has 0 aliphatic rings. The fourth-order valence-electron chi connectivity index (χ4n) is 1.87. The summed E-state index contributed by atoms with van der Waals surface area (Å²) in [5, 5.41) is 11.4. The molecule has 1 rings (SSSR count). The maximum atomic E-state index is 12.1. The molecule has 2 N–H and O–H groups in total. The van der Waals surface area contributed by atoms with Gasteiger partial charge < -0.3 is 15.3 Å². The van der Waals surface area contributed by atoms with E-state index in [4.69, 9.17) is 5.11 Å². The number of nitrogens with one attached hydrogen (secondary N) is 1.